The molecule has 5 nitrogen and oxygen atoms in total. The van der Waals surface area contributed by atoms with E-state index in [-0.39, 0.29) is 32.1 Å². The number of nitrogens with zero attached hydrogens (tertiary/aromatic N) is 1. The summed E-state index contributed by atoms with van der Waals surface area (Å²) in [5, 5.41) is 11.2. The van der Waals surface area contributed by atoms with E-state index in [1.807, 2.05) is 0 Å². The maximum absolute atomic E-state index is 14.3. The molecule has 9 heteroatoms. The summed E-state index contributed by atoms with van der Waals surface area (Å²) in [6.45, 7) is 1.57. The second-order valence-electron chi connectivity index (χ2n) is 6.92. The van der Waals surface area contributed by atoms with Crippen LogP contribution in [0.15, 0.2) is 59.5 Å². The number of aliphatic hydroxyl groups is 1. The molecule has 0 amide bonds. The zero-order valence-corrected chi connectivity index (χ0v) is 18.6. The highest BCUT2D eigenvalue weighted by Gasteiger charge is 2.22. The predicted octanol–water partition coefficient (Wildman–Crippen LogP) is 5.55. The van der Waals surface area contributed by atoms with E-state index in [9.17, 15) is 17.9 Å². The minimum atomic E-state index is -3.34. The summed E-state index contributed by atoms with van der Waals surface area (Å²) in [6, 6.07) is 13.7. The van der Waals surface area contributed by atoms with Gasteiger partial charge in [-0.3, -0.25) is 0 Å². The van der Waals surface area contributed by atoms with E-state index in [0.717, 1.165) is 0 Å². The van der Waals surface area contributed by atoms with Gasteiger partial charge in [0.25, 0.3) is 0 Å². The Balaban J connectivity index is 1.76. The Labute approximate surface area is 188 Å². The van der Waals surface area contributed by atoms with E-state index >= 15 is 0 Å². The fourth-order valence-electron chi connectivity index (χ4n) is 3.32. The summed E-state index contributed by atoms with van der Waals surface area (Å²) < 4.78 is 38.3. The molecule has 1 atom stereocenters. The van der Waals surface area contributed by atoms with E-state index in [4.69, 9.17) is 23.2 Å². The van der Waals surface area contributed by atoms with Gasteiger partial charge in [-0.05, 0) is 29.8 Å². The summed E-state index contributed by atoms with van der Waals surface area (Å²) in [5.41, 5.74) is 1.83. The standard InChI is InChI=1S/C22H17Cl2FN2O3S/c1-2-31(29,30)13-9-7-12(8-10-13)21(28)22-26-17-11-15(23)18(19(24)20(17)27-22)14-5-3-4-6-16(14)25/h3-11,21,28H,2H2,1H3,(H,26,27). The topological polar surface area (TPSA) is 83.1 Å². The summed E-state index contributed by atoms with van der Waals surface area (Å²) in [6.07, 6.45) is -1.16. The van der Waals surface area contributed by atoms with Gasteiger partial charge in [0.05, 0.1) is 26.2 Å². The highest BCUT2D eigenvalue weighted by Crippen LogP contribution is 2.41. The lowest BCUT2D eigenvalue weighted by Crippen LogP contribution is -2.05. The summed E-state index contributed by atoms with van der Waals surface area (Å²) in [4.78, 5) is 7.56. The van der Waals surface area contributed by atoms with Gasteiger partial charge in [0.15, 0.2) is 9.84 Å². The van der Waals surface area contributed by atoms with Crippen molar-refractivity contribution in [2.75, 3.05) is 5.75 Å². The van der Waals surface area contributed by atoms with Crippen LogP contribution < -0.4 is 0 Å². The van der Waals surface area contributed by atoms with Crippen LogP contribution in [0.5, 0.6) is 0 Å². The van der Waals surface area contributed by atoms with Crippen LogP contribution in [0, 0.1) is 5.82 Å². The zero-order chi connectivity index (χ0) is 22.3. The lowest BCUT2D eigenvalue weighted by molar-refractivity contribution is 0.211. The van der Waals surface area contributed by atoms with Crippen LogP contribution in [0.3, 0.4) is 0 Å². The van der Waals surface area contributed by atoms with Gasteiger partial charge >= 0.3 is 0 Å². The van der Waals surface area contributed by atoms with Gasteiger partial charge in [-0.1, -0.05) is 60.5 Å². The van der Waals surface area contributed by atoms with E-state index in [2.05, 4.69) is 9.97 Å². The Morgan fingerprint density at radius 3 is 2.45 bits per heavy atom. The minimum Gasteiger partial charge on any atom is -0.380 e. The number of nitrogens with one attached hydrogen (secondary N) is 1. The van der Waals surface area contributed by atoms with Crippen molar-refractivity contribution in [1.29, 1.82) is 0 Å². The van der Waals surface area contributed by atoms with Crippen molar-refractivity contribution in [3.8, 4) is 11.1 Å². The first kappa shape index (κ1) is 21.8. The average molecular weight is 479 g/mol. The molecule has 0 saturated carbocycles. The molecule has 3 aromatic carbocycles. The normalized spacial score (nSPS) is 12.9. The second kappa shape index (κ2) is 8.24. The summed E-state index contributed by atoms with van der Waals surface area (Å²) in [5.74, 6) is -0.282. The number of benzene rings is 3. The van der Waals surface area contributed by atoms with Gasteiger partial charge in [0.2, 0.25) is 0 Å². The Morgan fingerprint density at radius 2 is 1.81 bits per heavy atom. The first-order valence-electron chi connectivity index (χ1n) is 9.36. The van der Waals surface area contributed by atoms with E-state index < -0.39 is 21.8 Å². The van der Waals surface area contributed by atoms with Crippen molar-refractivity contribution in [2.24, 2.45) is 0 Å². The van der Waals surface area contributed by atoms with E-state index in [1.54, 1.807) is 31.2 Å². The largest absolute Gasteiger partial charge is 0.380 e. The SMILES string of the molecule is CCS(=O)(=O)c1ccc(C(O)c2nc3c(Cl)c(-c4ccccc4F)c(Cl)cc3[nH]2)cc1. The molecule has 1 heterocycles. The number of fused-ring (bicyclic) bond motifs is 1. The van der Waals surface area contributed by atoms with Crippen LogP contribution in [0.4, 0.5) is 4.39 Å². The first-order chi connectivity index (χ1) is 14.7. The van der Waals surface area contributed by atoms with Gasteiger partial charge in [-0.2, -0.15) is 0 Å². The third-order valence-electron chi connectivity index (χ3n) is 5.02. The molecule has 4 aromatic rings. The quantitative estimate of drug-likeness (QED) is 0.393. The zero-order valence-electron chi connectivity index (χ0n) is 16.2. The van der Waals surface area contributed by atoms with Crippen molar-refractivity contribution in [3.05, 3.63) is 81.8 Å². The number of aromatic nitrogens is 2. The van der Waals surface area contributed by atoms with Crippen molar-refractivity contribution in [3.63, 3.8) is 0 Å². The lowest BCUT2D eigenvalue weighted by atomic mass is 10.0. The average Bonchev–Trinajstić information content (AvgIpc) is 3.19. The van der Waals surface area contributed by atoms with E-state index in [0.29, 0.717) is 22.2 Å². The Hall–Kier alpha value is -2.45. The third kappa shape index (κ3) is 3.94. The highest BCUT2D eigenvalue weighted by atomic mass is 35.5. The number of rotatable bonds is 5. The number of halogens is 3. The van der Waals surface area contributed by atoms with Crippen LogP contribution in [0.2, 0.25) is 10.0 Å². The van der Waals surface area contributed by atoms with Gasteiger partial charge < -0.3 is 10.1 Å². The molecule has 1 unspecified atom stereocenters. The molecule has 0 aliphatic carbocycles. The van der Waals surface area contributed by atoms with Crippen LogP contribution in [0.25, 0.3) is 22.2 Å². The van der Waals surface area contributed by atoms with Crippen LogP contribution in [-0.4, -0.2) is 29.2 Å². The Bertz CT molecular complexity index is 1390. The fourth-order valence-corrected chi connectivity index (χ4v) is 4.91. The highest BCUT2D eigenvalue weighted by molar-refractivity contribution is 7.91. The molecule has 0 bridgehead atoms. The number of hydrogen-bond donors (Lipinski definition) is 2. The minimum absolute atomic E-state index is 0.0118. The van der Waals surface area contributed by atoms with E-state index in [1.165, 1.54) is 30.3 Å². The Morgan fingerprint density at radius 1 is 1.13 bits per heavy atom. The predicted molar refractivity (Wildman–Crippen MR) is 120 cm³/mol. The third-order valence-corrected chi connectivity index (χ3v) is 7.44. The van der Waals surface area contributed by atoms with Crippen LogP contribution >= 0.6 is 23.2 Å². The summed E-state index contributed by atoms with van der Waals surface area (Å²) in [7, 11) is -3.34. The molecule has 0 saturated heterocycles. The maximum atomic E-state index is 14.3. The summed E-state index contributed by atoms with van der Waals surface area (Å²) >= 11 is 12.9. The number of imidazole rings is 1. The molecule has 2 N–H and O–H groups in total. The number of aromatic amines is 1. The molecule has 4 rings (SSSR count). The molecular weight excluding hydrogens is 462 g/mol. The molecule has 0 fully saturated rings. The van der Waals surface area contributed by atoms with Crippen LogP contribution in [0.1, 0.15) is 24.4 Å². The van der Waals surface area contributed by atoms with Gasteiger partial charge in [-0.15, -0.1) is 0 Å². The van der Waals surface area contributed by atoms with Gasteiger partial charge in [0.1, 0.15) is 23.3 Å². The maximum Gasteiger partial charge on any atom is 0.178 e. The number of aliphatic hydroxyl groups excluding tert-OH is 1. The molecule has 1 aromatic heterocycles. The van der Waals surface area contributed by atoms with Gasteiger partial charge in [0, 0.05) is 11.1 Å². The molecule has 31 heavy (non-hydrogen) atoms. The molecule has 160 valence electrons. The van der Waals surface area contributed by atoms with Crippen LogP contribution in [-0.2, 0) is 9.84 Å². The van der Waals surface area contributed by atoms with Crippen molar-refractivity contribution < 1.29 is 17.9 Å². The fraction of sp³-hybridized carbons (Fsp3) is 0.136. The molecular formula is C22H17Cl2FN2O3S. The molecule has 0 radical (unpaired) electrons. The molecule has 0 spiro atoms. The monoisotopic (exact) mass is 478 g/mol. The van der Waals surface area contributed by atoms with Crippen molar-refractivity contribution in [1.82, 2.24) is 9.97 Å². The first-order valence-corrected chi connectivity index (χ1v) is 11.8. The number of hydrogen-bond acceptors (Lipinski definition) is 4. The second-order valence-corrected chi connectivity index (χ2v) is 9.98. The lowest BCUT2D eigenvalue weighted by Gasteiger charge is -2.09. The smallest absolute Gasteiger partial charge is 0.178 e. The number of H-pyrrole nitrogens is 1. The molecule has 0 aliphatic heterocycles. The number of sulfone groups is 1. The van der Waals surface area contributed by atoms with Gasteiger partial charge in [-0.25, -0.2) is 17.8 Å². The molecule has 0 aliphatic rings. The van der Waals surface area contributed by atoms with Crippen molar-refractivity contribution in [2.45, 2.75) is 17.9 Å². The van der Waals surface area contributed by atoms with Crippen molar-refractivity contribution >= 4 is 44.1 Å². The Kier molecular flexibility index (Phi) is 5.79.